The van der Waals surface area contributed by atoms with Crippen molar-refractivity contribution in [1.82, 2.24) is 9.97 Å². The first kappa shape index (κ1) is 18.3. The minimum Gasteiger partial charge on any atom is -0.345 e. The number of hydrogen-bond donors (Lipinski definition) is 1. The number of nitrogens with one attached hydrogen (secondary N) is 1. The van der Waals surface area contributed by atoms with Gasteiger partial charge in [0.1, 0.15) is 5.82 Å². The van der Waals surface area contributed by atoms with E-state index in [2.05, 4.69) is 53.5 Å². The van der Waals surface area contributed by atoms with E-state index in [0.717, 1.165) is 6.42 Å². The highest BCUT2D eigenvalue weighted by molar-refractivity contribution is 5.27. The highest BCUT2D eigenvalue weighted by Crippen LogP contribution is 2.36. The zero-order valence-electron chi connectivity index (χ0n) is 15.3. The van der Waals surface area contributed by atoms with Crippen LogP contribution in [0.3, 0.4) is 0 Å². The van der Waals surface area contributed by atoms with Gasteiger partial charge < -0.3 is 4.98 Å². The van der Waals surface area contributed by atoms with Gasteiger partial charge in [-0.05, 0) is 25.2 Å². The second-order valence-corrected chi connectivity index (χ2v) is 7.37. The summed E-state index contributed by atoms with van der Waals surface area (Å²) in [5, 5.41) is 0. The average molecular weight is 293 g/mol. The van der Waals surface area contributed by atoms with Gasteiger partial charge in [-0.15, -0.1) is 0 Å². The summed E-state index contributed by atoms with van der Waals surface area (Å²) in [4.78, 5) is 8.74. The molecule has 0 aromatic carbocycles. The maximum absolute atomic E-state index is 5.05. The lowest BCUT2D eigenvalue weighted by Crippen LogP contribution is -2.20. The minimum atomic E-state index is 0.176. The Morgan fingerprint density at radius 1 is 1.05 bits per heavy atom. The summed E-state index contributed by atoms with van der Waals surface area (Å²) < 4.78 is 0. The molecule has 0 aliphatic heterocycles. The zero-order chi connectivity index (χ0) is 16.0. The quantitative estimate of drug-likeness (QED) is 0.569. The van der Waals surface area contributed by atoms with Crippen LogP contribution in [0.2, 0.25) is 0 Å². The monoisotopic (exact) mass is 292 g/mol. The molecule has 0 bridgehead atoms. The molecule has 0 saturated carbocycles. The van der Waals surface area contributed by atoms with Crippen LogP contribution in [0.15, 0.2) is 0 Å². The van der Waals surface area contributed by atoms with E-state index in [1.807, 2.05) is 0 Å². The number of aromatic nitrogens is 2. The first-order valence-corrected chi connectivity index (χ1v) is 8.97. The van der Waals surface area contributed by atoms with E-state index >= 15 is 0 Å². The molecular weight excluding hydrogens is 256 g/mol. The molecule has 1 aromatic rings. The number of unbranched alkanes of at least 4 members (excludes halogenated alkanes) is 1. The Kier molecular flexibility index (Phi) is 6.96. The van der Waals surface area contributed by atoms with Gasteiger partial charge in [-0.2, -0.15) is 0 Å². The molecule has 1 N–H and O–H groups in total. The molecule has 0 saturated heterocycles. The van der Waals surface area contributed by atoms with Crippen LogP contribution in [0.1, 0.15) is 116 Å². The molecular formula is C19H36N2. The Morgan fingerprint density at radius 3 is 2.24 bits per heavy atom. The van der Waals surface area contributed by atoms with Gasteiger partial charge >= 0.3 is 0 Å². The highest BCUT2D eigenvalue weighted by Gasteiger charge is 2.29. The van der Waals surface area contributed by atoms with Crippen molar-refractivity contribution in [1.29, 1.82) is 0 Å². The van der Waals surface area contributed by atoms with E-state index in [9.17, 15) is 0 Å². The summed E-state index contributed by atoms with van der Waals surface area (Å²) in [5.74, 6) is 2.29. The lowest BCUT2D eigenvalue weighted by Gasteiger charge is -2.25. The molecule has 1 aromatic heterocycles. The summed E-state index contributed by atoms with van der Waals surface area (Å²) in [5.41, 5.74) is 2.90. The van der Waals surface area contributed by atoms with E-state index < -0.39 is 0 Å². The van der Waals surface area contributed by atoms with Crippen LogP contribution in [0.25, 0.3) is 0 Å². The van der Waals surface area contributed by atoms with Crippen LogP contribution in [0.4, 0.5) is 0 Å². The van der Waals surface area contributed by atoms with Gasteiger partial charge in [0.05, 0.1) is 5.69 Å². The van der Waals surface area contributed by atoms with Crippen LogP contribution in [-0.4, -0.2) is 9.97 Å². The number of nitrogens with zero attached hydrogens (tertiary/aromatic N) is 1. The van der Waals surface area contributed by atoms with Crippen LogP contribution >= 0.6 is 0 Å². The molecule has 2 heteroatoms. The van der Waals surface area contributed by atoms with Crippen LogP contribution in [0.5, 0.6) is 0 Å². The van der Waals surface area contributed by atoms with Gasteiger partial charge in [0.25, 0.3) is 0 Å². The van der Waals surface area contributed by atoms with Crippen LogP contribution < -0.4 is 0 Å². The Morgan fingerprint density at radius 2 is 1.71 bits per heavy atom. The highest BCUT2D eigenvalue weighted by atomic mass is 15.0. The van der Waals surface area contributed by atoms with Crippen molar-refractivity contribution >= 4 is 0 Å². The fourth-order valence-electron chi connectivity index (χ4n) is 3.02. The topological polar surface area (TPSA) is 28.7 Å². The van der Waals surface area contributed by atoms with Crippen LogP contribution in [-0.2, 0) is 5.41 Å². The van der Waals surface area contributed by atoms with E-state index in [4.69, 9.17) is 4.98 Å². The lowest BCUT2D eigenvalue weighted by atomic mass is 9.80. The van der Waals surface area contributed by atoms with Crippen molar-refractivity contribution in [3.63, 3.8) is 0 Å². The second-order valence-electron chi connectivity index (χ2n) is 7.37. The van der Waals surface area contributed by atoms with Crippen molar-refractivity contribution in [2.75, 3.05) is 0 Å². The fourth-order valence-corrected chi connectivity index (χ4v) is 3.02. The standard InChI is InChI=1S/C19H36N2/c1-8-11-13-19(6,7)17-16(15(5)12-9-2)20-18(21-17)14(4)10-3/h14-15H,8-13H2,1-7H3,(H,20,21). The molecule has 0 aliphatic carbocycles. The Labute approximate surface area is 132 Å². The third-order valence-electron chi connectivity index (χ3n) is 4.84. The summed E-state index contributed by atoms with van der Waals surface area (Å²) in [6, 6.07) is 0. The van der Waals surface area contributed by atoms with Gasteiger partial charge in [-0.3, -0.25) is 0 Å². The van der Waals surface area contributed by atoms with Gasteiger partial charge in [0.15, 0.2) is 0 Å². The fraction of sp³-hybridized carbons (Fsp3) is 0.842. The first-order valence-electron chi connectivity index (χ1n) is 8.97. The Balaban J connectivity index is 3.17. The third kappa shape index (κ3) is 4.59. The smallest absolute Gasteiger partial charge is 0.109 e. The van der Waals surface area contributed by atoms with Crippen molar-refractivity contribution in [3.05, 3.63) is 17.2 Å². The van der Waals surface area contributed by atoms with Crippen LogP contribution in [0, 0.1) is 0 Å². The molecule has 0 aliphatic rings. The van der Waals surface area contributed by atoms with Crippen molar-refractivity contribution in [2.24, 2.45) is 0 Å². The summed E-state index contributed by atoms with van der Waals surface area (Å²) in [6.45, 7) is 16.1. The van der Waals surface area contributed by atoms with Gasteiger partial charge in [0.2, 0.25) is 0 Å². The number of rotatable bonds is 9. The summed E-state index contributed by atoms with van der Waals surface area (Å²) in [6.07, 6.45) is 7.36. The Bertz CT molecular complexity index is 417. The van der Waals surface area contributed by atoms with Gasteiger partial charge in [0, 0.05) is 17.0 Å². The SMILES string of the molecule is CCCCC(C)(C)c1nc(C(C)CC)[nH]c1C(C)CCC. The molecule has 122 valence electrons. The van der Waals surface area contributed by atoms with Gasteiger partial charge in [-0.25, -0.2) is 4.98 Å². The number of H-pyrrole nitrogens is 1. The summed E-state index contributed by atoms with van der Waals surface area (Å²) in [7, 11) is 0. The normalized spacial score (nSPS) is 15.2. The molecule has 1 rings (SSSR count). The molecule has 0 amide bonds. The molecule has 2 unspecified atom stereocenters. The predicted molar refractivity (Wildman–Crippen MR) is 93.2 cm³/mol. The molecule has 2 atom stereocenters. The molecule has 1 heterocycles. The lowest BCUT2D eigenvalue weighted by molar-refractivity contribution is 0.438. The van der Waals surface area contributed by atoms with Crippen molar-refractivity contribution in [3.8, 4) is 0 Å². The number of imidazole rings is 1. The predicted octanol–water partition coefficient (Wildman–Crippen LogP) is 6.29. The van der Waals surface area contributed by atoms with E-state index in [0.29, 0.717) is 11.8 Å². The average Bonchev–Trinajstić information content (AvgIpc) is 2.90. The molecule has 21 heavy (non-hydrogen) atoms. The zero-order valence-corrected chi connectivity index (χ0v) is 15.3. The molecule has 0 spiro atoms. The molecule has 2 nitrogen and oxygen atoms in total. The Hall–Kier alpha value is -0.790. The minimum absolute atomic E-state index is 0.176. The first-order chi connectivity index (χ1) is 9.87. The van der Waals surface area contributed by atoms with Gasteiger partial charge in [-0.1, -0.05) is 67.7 Å². The number of hydrogen-bond acceptors (Lipinski definition) is 1. The van der Waals surface area contributed by atoms with Crippen molar-refractivity contribution in [2.45, 2.75) is 104 Å². The largest absolute Gasteiger partial charge is 0.345 e. The second kappa shape index (κ2) is 8.00. The molecule has 0 radical (unpaired) electrons. The number of aromatic amines is 1. The maximum atomic E-state index is 5.05. The van der Waals surface area contributed by atoms with Crippen molar-refractivity contribution < 1.29 is 0 Å². The summed E-state index contributed by atoms with van der Waals surface area (Å²) >= 11 is 0. The van der Waals surface area contributed by atoms with E-state index in [1.165, 1.54) is 49.3 Å². The maximum Gasteiger partial charge on any atom is 0.109 e. The third-order valence-corrected chi connectivity index (χ3v) is 4.84. The van der Waals surface area contributed by atoms with E-state index in [1.54, 1.807) is 0 Å². The van der Waals surface area contributed by atoms with E-state index in [-0.39, 0.29) is 5.41 Å². The molecule has 0 fully saturated rings.